The maximum Gasteiger partial charge on any atom is 0.291 e. The molecule has 3 aromatic heterocycles. The second kappa shape index (κ2) is 12.9. The largest absolute Gasteiger partial charge is 0.395 e. The summed E-state index contributed by atoms with van der Waals surface area (Å²) in [5.74, 6) is 0.725. The van der Waals surface area contributed by atoms with Crippen molar-refractivity contribution in [1.82, 2.24) is 29.7 Å². The number of nitrogens with zero attached hydrogens (tertiary/aromatic N) is 5. The second-order valence-electron chi connectivity index (χ2n) is 11.6. The van der Waals surface area contributed by atoms with E-state index in [0.29, 0.717) is 28.9 Å². The number of benzene rings is 2. The maximum absolute atomic E-state index is 13.4. The first-order valence-corrected chi connectivity index (χ1v) is 15.4. The molecule has 1 unspecified atom stereocenters. The molecule has 1 amide bonds. The van der Waals surface area contributed by atoms with Gasteiger partial charge in [0.2, 0.25) is 0 Å². The number of likely N-dealkylation sites (N-methyl/N-ethyl adjacent to an activating group) is 1. The number of imidazole rings is 1. The van der Waals surface area contributed by atoms with Crippen LogP contribution in [0, 0.1) is 6.92 Å². The number of hydrogen-bond donors (Lipinski definition) is 4. The molecule has 1 atom stereocenters. The van der Waals surface area contributed by atoms with Gasteiger partial charge < -0.3 is 30.5 Å². The average Bonchev–Trinajstić information content (AvgIpc) is 3.37. The molecule has 0 spiro atoms. The van der Waals surface area contributed by atoms with E-state index in [2.05, 4.69) is 43.9 Å². The SMILES string of the molecule is Cc1c(Nc2nccc3cc(CNC(C)CO)cnc23)cccc1-c1cccc(NC(=O)c2nc3c(n2C)CCN(C)C3)c1Cl. The number of carbonyl (C=O) groups is 1. The highest BCUT2D eigenvalue weighted by Crippen LogP contribution is 2.38. The summed E-state index contributed by atoms with van der Waals surface area (Å²) in [5.41, 5.74) is 7.91. The third kappa shape index (κ3) is 6.27. The first kappa shape index (κ1) is 30.7. The van der Waals surface area contributed by atoms with Gasteiger partial charge in [-0.15, -0.1) is 0 Å². The summed E-state index contributed by atoms with van der Waals surface area (Å²) < 4.78 is 1.89. The highest BCUT2D eigenvalue weighted by atomic mass is 35.5. The van der Waals surface area contributed by atoms with Gasteiger partial charge in [-0.05, 0) is 61.9 Å². The topological polar surface area (TPSA) is 120 Å². The van der Waals surface area contributed by atoms with Gasteiger partial charge in [0.15, 0.2) is 11.6 Å². The van der Waals surface area contributed by atoms with Gasteiger partial charge in [-0.1, -0.05) is 35.9 Å². The Kier molecular flexibility index (Phi) is 8.82. The molecule has 10 nitrogen and oxygen atoms in total. The molecule has 6 rings (SSSR count). The van der Waals surface area contributed by atoms with Crippen LogP contribution in [-0.4, -0.2) is 61.7 Å². The van der Waals surface area contributed by atoms with Crippen molar-refractivity contribution in [2.45, 2.75) is 39.4 Å². The molecular weight excluding hydrogens is 588 g/mol. The molecule has 1 aliphatic rings. The van der Waals surface area contributed by atoms with Crippen LogP contribution in [0.1, 0.15) is 40.1 Å². The lowest BCUT2D eigenvalue weighted by atomic mass is 9.98. The third-order valence-electron chi connectivity index (χ3n) is 8.36. The highest BCUT2D eigenvalue weighted by molar-refractivity contribution is 6.36. The lowest BCUT2D eigenvalue weighted by Crippen LogP contribution is -2.28. The second-order valence-corrected chi connectivity index (χ2v) is 12.0. The summed E-state index contributed by atoms with van der Waals surface area (Å²) in [4.78, 5) is 29.5. The van der Waals surface area contributed by atoms with Crippen molar-refractivity contribution in [3.8, 4) is 11.1 Å². The minimum absolute atomic E-state index is 0.00421. The van der Waals surface area contributed by atoms with Gasteiger partial charge in [0.25, 0.3) is 5.91 Å². The van der Waals surface area contributed by atoms with Gasteiger partial charge in [-0.2, -0.15) is 0 Å². The molecule has 11 heteroatoms. The summed E-state index contributed by atoms with van der Waals surface area (Å²) >= 11 is 6.96. The molecule has 0 radical (unpaired) electrons. The number of amides is 1. The van der Waals surface area contributed by atoms with Crippen LogP contribution < -0.4 is 16.0 Å². The number of hydrogen-bond acceptors (Lipinski definition) is 8. The summed E-state index contributed by atoms with van der Waals surface area (Å²) in [6.45, 7) is 6.31. The average molecular weight is 625 g/mol. The number of rotatable bonds is 9. The standard InChI is InChI=1S/C34H37ClN8O2/c1-20(19-44)37-16-22-15-23-11-13-36-32(31(23)38-17-22)39-26-9-5-7-24(21(26)2)25-8-6-10-27(30(25)35)41-34(45)33-40-28-18-42(3)14-12-29(28)43(33)4/h5-11,13,15,17,20,37,44H,12,14,16,18-19H2,1-4H3,(H,36,39)(H,41,45). The highest BCUT2D eigenvalue weighted by Gasteiger charge is 2.25. The van der Waals surface area contributed by atoms with Crippen molar-refractivity contribution >= 4 is 45.6 Å². The molecule has 1 aliphatic heterocycles. The number of aliphatic hydroxyl groups is 1. The Balaban J connectivity index is 1.25. The normalized spacial score (nSPS) is 13.9. The molecule has 0 saturated carbocycles. The van der Waals surface area contributed by atoms with E-state index in [1.807, 2.05) is 68.1 Å². The Bertz CT molecular complexity index is 1890. The fourth-order valence-electron chi connectivity index (χ4n) is 5.72. The van der Waals surface area contributed by atoms with Gasteiger partial charge in [0.1, 0.15) is 5.52 Å². The zero-order valence-electron chi connectivity index (χ0n) is 25.9. The van der Waals surface area contributed by atoms with Crippen LogP contribution in [0.3, 0.4) is 0 Å². The number of nitrogens with one attached hydrogen (secondary N) is 3. The Morgan fingerprint density at radius 2 is 1.87 bits per heavy atom. The van der Waals surface area contributed by atoms with Gasteiger partial charge in [0.05, 0.1) is 23.0 Å². The summed E-state index contributed by atoms with van der Waals surface area (Å²) in [6, 6.07) is 15.6. The lowest BCUT2D eigenvalue weighted by molar-refractivity contribution is 0.101. The number of halogens is 1. The molecular formula is C34H37ClN8O2. The summed E-state index contributed by atoms with van der Waals surface area (Å²) in [5, 5.41) is 20.5. The van der Waals surface area contributed by atoms with Crippen molar-refractivity contribution in [3.63, 3.8) is 0 Å². The van der Waals surface area contributed by atoms with Crippen molar-refractivity contribution in [2.24, 2.45) is 7.05 Å². The first-order valence-electron chi connectivity index (χ1n) is 15.0. The number of carbonyl (C=O) groups excluding carboxylic acids is 1. The van der Waals surface area contributed by atoms with Crippen molar-refractivity contribution in [1.29, 1.82) is 0 Å². The smallest absolute Gasteiger partial charge is 0.291 e. The number of aliphatic hydroxyl groups excluding tert-OH is 1. The minimum Gasteiger partial charge on any atom is -0.395 e. The van der Waals surface area contributed by atoms with Gasteiger partial charge in [-0.25, -0.2) is 9.97 Å². The summed E-state index contributed by atoms with van der Waals surface area (Å²) in [7, 11) is 3.95. The quantitative estimate of drug-likeness (QED) is 0.171. The number of fused-ring (bicyclic) bond motifs is 2. The van der Waals surface area contributed by atoms with E-state index in [1.165, 1.54) is 0 Å². The van der Waals surface area contributed by atoms with E-state index >= 15 is 0 Å². The van der Waals surface area contributed by atoms with E-state index in [1.54, 1.807) is 12.3 Å². The van der Waals surface area contributed by atoms with Crippen molar-refractivity contribution < 1.29 is 9.90 Å². The van der Waals surface area contributed by atoms with Crippen LogP contribution in [0.15, 0.2) is 60.9 Å². The first-order chi connectivity index (χ1) is 21.7. The van der Waals surface area contributed by atoms with E-state index in [9.17, 15) is 9.90 Å². The molecule has 0 aliphatic carbocycles. The minimum atomic E-state index is -0.294. The van der Waals surface area contributed by atoms with E-state index in [4.69, 9.17) is 16.6 Å². The fourth-order valence-corrected chi connectivity index (χ4v) is 5.99. The van der Waals surface area contributed by atoms with Crippen molar-refractivity contribution in [3.05, 3.63) is 94.3 Å². The molecule has 4 heterocycles. The lowest BCUT2D eigenvalue weighted by Gasteiger charge is -2.21. The van der Waals surface area contributed by atoms with Crippen LogP contribution >= 0.6 is 11.6 Å². The van der Waals surface area contributed by atoms with Gasteiger partial charge >= 0.3 is 0 Å². The Morgan fingerprint density at radius 1 is 1.09 bits per heavy atom. The predicted octanol–water partition coefficient (Wildman–Crippen LogP) is 5.45. The van der Waals surface area contributed by atoms with E-state index in [-0.39, 0.29) is 18.6 Å². The number of aromatic nitrogens is 4. The number of anilines is 3. The molecule has 0 saturated heterocycles. The van der Waals surface area contributed by atoms with Crippen LogP contribution in [0.2, 0.25) is 5.02 Å². The zero-order chi connectivity index (χ0) is 31.7. The third-order valence-corrected chi connectivity index (χ3v) is 8.77. The van der Waals surface area contributed by atoms with Crippen LogP contribution in [0.4, 0.5) is 17.2 Å². The van der Waals surface area contributed by atoms with Crippen LogP contribution in [0.5, 0.6) is 0 Å². The summed E-state index contributed by atoms with van der Waals surface area (Å²) in [6.07, 6.45) is 4.45. The van der Waals surface area contributed by atoms with Gasteiger partial charge in [-0.3, -0.25) is 9.78 Å². The molecule has 2 aromatic carbocycles. The molecule has 5 aromatic rings. The van der Waals surface area contributed by atoms with Crippen LogP contribution in [-0.2, 0) is 26.6 Å². The Morgan fingerprint density at radius 3 is 2.67 bits per heavy atom. The fraction of sp³-hybridized carbons (Fsp3) is 0.294. The van der Waals surface area contributed by atoms with Crippen LogP contribution in [0.25, 0.3) is 22.0 Å². The molecule has 0 fully saturated rings. The number of pyridine rings is 2. The predicted molar refractivity (Wildman–Crippen MR) is 179 cm³/mol. The molecule has 232 valence electrons. The van der Waals surface area contributed by atoms with E-state index < -0.39 is 0 Å². The Labute approximate surface area is 267 Å². The monoisotopic (exact) mass is 624 g/mol. The van der Waals surface area contributed by atoms with E-state index in [0.717, 1.165) is 69.7 Å². The molecule has 0 bridgehead atoms. The molecule has 45 heavy (non-hydrogen) atoms. The zero-order valence-corrected chi connectivity index (χ0v) is 26.6. The Hall–Kier alpha value is -4.35. The van der Waals surface area contributed by atoms with Gasteiger partial charge in [0, 0.05) is 73.9 Å². The maximum atomic E-state index is 13.4. The molecule has 4 N–H and O–H groups in total. The van der Waals surface area contributed by atoms with Crippen molar-refractivity contribution in [2.75, 3.05) is 30.8 Å².